The highest BCUT2D eigenvalue weighted by Gasteiger charge is 2.13. The summed E-state index contributed by atoms with van der Waals surface area (Å²) in [5, 5.41) is 5.88. The molecule has 0 unspecified atom stereocenters. The lowest BCUT2D eigenvalue weighted by Crippen LogP contribution is -2.31. The SMILES string of the molecule is CCN(CC)C(=O)c1ccc(NC(=O)CCn2[nH]c(=O)c3ccccc3c2=O)cc1. The molecule has 1 heterocycles. The number of hydrogen-bond acceptors (Lipinski definition) is 4. The van der Waals surface area contributed by atoms with Gasteiger partial charge in [0.2, 0.25) is 5.91 Å². The van der Waals surface area contributed by atoms with Crippen molar-refractivity contribution < 1.29 is 9.59 Å². The van der Waals surface area contributed by atoms with E-state index in [2.05, 4.69) is 10.4 Å². The number of nitrogens with zero attached hydrogens (tertiary/aromatic N) is 2. The van der Waals surface area contributed by atoms with Gasteiger partial charge in [-0.15, -0.1) is 0 Å². The van der Waals surface area contributed by atoms with Gasteiger partial charge in [0.05, 0.1) is 17.3 Å². The van der Waals surface area contributed by atoms with Gasteiger partial charge in [-0.25, -0.2) is 4.68 Å². The van der Waals surface area contributed by atoms with Crippen molar-refractivity contribution in [3.8, 4) is 0 Å². The van der Waals surface area contributed by atoms with Gasteiger partial charge in [0.25, 0.3) is 17.0 Å². The number of anilines is 1. The highest BCUT2D eigenvalue weighted by atomic mass is 16.2. The lowest BCUT2D eigenvalue weighted by atomic mass is 10.1. The molecule has 0 radical (unpaired) electrons. The Kier molecular flexibility index (Phi) is 6.46. The first-order valence-electron chi connectivity index (χ1n) is 9.85. The molecule has 156 valence electrons. The summed E-state index contributed by atoms with van der Waals surface area (Å²) in [6.45, 7) is 5.14. The molecule has 3 rings (SSSR count). The van der Waals surface area contributed by atoms with Crippen LogP contribution in [0.3, 0.4) is 0 Å². The fraction of sp³-hybridized carbons (Fsp3) is 0.273. The Morgan fingerprint density at radius 2 is 1.60 bits per heavy atom. The first-order valence-corrected chi connectivity index (χ1v) is 9.85. The zero-order chi connectivity index (χ0) is 21.7. The van der Waals surface area contributed by atoms with Gasteiger partial charge in [-0.05, 0) is 50.2 Å². The Hall–Kier alpha value is -3.68. The average molecular weight is 408 g/mol. The fourth-order valence-corrected chi connectivity index (χ4v) is 3.23. The van der Waals surface area contributed by atoms with Gasteiger partial charge in [0, 0.05) is 30.8 Å². The minimum atomic E-state index is -0.376. The summed E-state index contributed by atoms with van der Waals surface area (Å²) in [5.74, 6) is -0.365. The number of rotatable bonds is 7. The molecule has 0 saturated carbocycles. The van der Waals surface area contributed by atoms with E-state index >= 15 is 0 Å². The van der Waals surface area contributed by atoms with Crippen LogP contribution in [0.1, 0.15) is 30.6 Å². The molecule has 2 amide bonds. The van der Waals surface area contributed by atoms with Crippen LogP contribution in [0.25, 0.3) is 10.8 Å². The summed E-state index contributed by atoms with van der Waals surface area (Å²) < 4.78 is 1.15. The molecular formula is C22H24N4O4. The molecule has 3 aromatic rings. The Labute approximate surface area is 173 Å². The van der Waals surface area contributed by atoms with E-state index in [4.69, 9.17) is 0 Å². The van der Waals surface area contributed by atoms with E-state index in [9.17, 15) is 19.2 Å². The van der Waals surface area contributed by atoms with Crippen molar-refractivity contribution in [2.45, 2.75) is 26.8 Å². The predicted molar refractivity (Wildman–Crippen MR) is 116 cm³/mol. The number of amides is 2. The quantitative estimate of drug-likeness (QED) is 0.625. The van der Waals surface area contributed by atoms with Gasteiger partial charge in [0.1, 0.15) is 0 Å². The van der Waals surface area contributed by atoms with Crippen LogP contribution < -0.4 is 16.4 Å². The lowest BCUT2D eigenvalue weighted by Gasteiger charge is -2.18. The van der Waals surface area contributed by atoms with Crippen molar-refractivity contribution >= 4 is 28.3 Å². The molecule has 8 heteroatoms. The summed E-state index contributed by atoms with van der Waals surface area (Å²) in [6, 6.07) is 13.2. The third-order valence-corrected chi connectivity index (χ3v) is 4.91. The molecule has 1 aromatic heterocycles. The van der Waals surface area contributed by atoms with Crippen LogP contribution in [0.2, 0.25) is 0 Å². The van der Waals surface area contributed by atoms with Crippen LogP contribution in [0.15, 0.2) is 58.1 Å². The molecule has 0 aliphatic heterocycles. The van der Waals surface area contributed by atoms with Crippen LogP contribution in [0.5, 0.6) is 0 Å². The Balaban J connectivity index is 1.65. The molecule has 0 aliphatic carbocycles. The molecule has 30 heavy (non-hydrogen) atoms. The monoisotopic (exact) mass is 408 g/mol. The fourth-order valence-electron chi connectivity index (χ4n) is 3.23. The smallest absolute Gasteiger partial charge is 0.273 e. The number of H-pyrrole nitrogens is 1. The van der Waals surface area contributed by atoms with Crippen LogP contribution in [-0.4, -0.2) is 39.6 Å². The Morgan fingerprint density at radius 3 is 2.23 bits per heavy atom. The van der Waals surface area contributed by atoms with E-state index in [1.54, 1.807) is 53.4 Å². The second-order valence-corrected chi connectivity index (χ2v) is 6.80. The van der Waals surface area contributed by atoms with E-state index in [1.165, 1.54) is 0 Å². The van der Waals surface area contributed by atoms with Gasteiger partial charge in [-0.2, -0.15) is 0 Å². The minimum absolute atomic E-state index is 0.00825. The van der Waals surface area contributed by atoms with Crippen molar-refractivity contribution in [1.29, 1.82) is 0 Å². The van der Waals surface area contributed by atoms with E-state index in [0.29, 0.717) is 35.1 Å². The van der Waals surface area contributed by atoms with Crippen LogP contribution in [-0.2, 0) is 11.3 Å². The third-order valence-electron chi connectivity index (χ3n) is 4.91. The Bertz CT molecular complexity index is 1170. The summed E-state index contributed by atoms with van der Waals surface area (Å²) in [7, 11) is 0. The summed E-state index contributed by atoms with van der Waals surface area (Å²) in [6.07, 6.45) is 0.00825. The van der Waals surface area contributed by atoms with Crippen molar-refractivity contribution in [3.05, 3.63) is 74.8 Å². The summed E-state index contributed by atoms with van der Waals surface area (Å²) in [4.78, 5) is 50.9. The van der Waals surface area contributed by atoms with Crippen molar-refractivity contribution in [2.75, 3.05) is 18.4 Å². The topological polar surface area (TPSA) is 104 Å². The van der Waals surface area contributed by atoms with Gasteiger partial charge in [0.15, 0.2) is 0 Å². The molecule has 0 bridgehead atoms. The number of aromatic nitrogens is 2. The molecule has 0 spiro atoms. The van der Waals surface area contributed by atoms with Crippen molar-refractivity contribution in [2.24, 2.45) is 0 Å². The number of fused-ring (bicyclic) bond motifs is 1. The average Bonchev–Trinajstić information content (AvgIpc) is 2.76. The standard InChI is InChI=1S/C22H24N4O4/c1-3-25(4-2)21(29)15-9-11-16(12-10-15)23-19(27)13-14-26-22(30)18-8-6-5-7-17(18)20(28)24-26/h5-12H,3-4,13-14H2,1-2H3,(H,23,27)(H,24,28). The van der Waals surface area contributed by atoms with E-state index in [0.717, 1.165) is 4.68 Å². The molecule has 0 saturated heterocycles. The number of hydrogen-bond donors (Lipinski definition) is 2. The molecule has 2 N–H and O–H groups in total. The third kappa shape index (κ3) is 4.48. The first-order chi connectivity index (χ1) is 14.4. The number of nitrogens with one attached hydrogen (secondary N) is 2. The van der Waals surface area contributed by atoms with Gasteiger partial charge in [-0.3, -0.25) is 24.3 Å². The van der Waals surface area contributed by atoms with Crippen molar-refractivity contribution in [3.63, 3.8) is 0 Å². The number of carbonyl (C=O) groups is 2. The van der Waals surface area contributed by atoms with Gasteiger partial charge < -0.3 is 10.2 Å². The lowest BCUT2D eigenvalue weighted by molar-refractivity contribution is -0.116. The van der Waals surface area contributed by atoms with Gasteiger partial charge in [-0.1, -0.05) is 12.1 Å². The van der Waals surface area contributed by atoms with E-state index in [-0.39, 0.29) is 35.9 Å². The molecule has 0 fully saturated rings. The summed E-state index contributed by atoms with van der Waals surface area (Å²) >= 11 is 0. The number of benzene rings is 2. The maximum atomic E-state index is 12.5. The van der Waals surface area contributed by atoms with E-state index in [1.807, 2.05) is 13.8 Å². The molecular weight excluding hydrogens is 384 g/mol. The van der Waals surface area contributed by atoms with Crippen LogP contribution in [0.4, 0.5) is 5.69 Å². The molecule has 2 aromatic carbocycles. The second-order valence-electron chi connectivity index (χ2n) is 6.80. The predicted octanol–water partition coefficient (Wildman–Crippen LogP) is 2.20. The van der Waals surface area contributed by atoms with Crippen molar-refractivity contribution in [1.82, 2.24) is 14.7 Å². The normalized spacial score (nSPS) is 10.7. The molecule has 0 aliphatic rings. The van der Waals surface area contributed by atoms with Gasteiger partial charge >= 0.3 is 0 Å². The van der Waals surface area contributed by atoms with Crippen LogP contribution >= 0.6 is 0 Å². The number of aromatic amines is 1. The number of aryl methyl sites for hydroxylation is 1. The highest BCUT2D eigenvalue weighted by molar-refractivity contribution is 5.95. The zero-order valence-electron chi connectivity index (χ0n) is 17.0. The van der Waals surface area contributed by atoms with Crippen LogP contribution in [0, 0.1) is 0 Å². The largest absolute Gasteiger partial charge is 0.339 e. The maximum absolute atomic E-state index is 12.5. The van der Waals surface area contributed by atoms with E-state index < -0.39 is 0 Å². The highest BCUT2D eigenvalue weighted by Crippen LogP contribution is 2.12. The molecule has 0 atom stereocenters. The maximum Gasteiger partial charge on any atom is 0.273 e. The summed E-state index contributed by atoms with van der Waals surface area (Å²) in [5.41, 5.74) is 0.378. The zero-order valence-corrected chi connectivity index (χ0v) is 17.0. The molecule has 8 nitrogen and oxygen atoms in total. The Morgan fingerprint density at radius 1 is 0.967 bits per heavy atom. The number of carbonyl (C=O) groups excluding carboxylic acids is 2. The minimum Gasteiger partial charge on any atom is -0.339 e. The second kappa shape index (κ2) is 9.21. The first kappa shape index (κ1) is 21.0.